The highest BCUT2D eigenvalue weighted by atomic mass is 16.2. The fourth-order valence-electron chi connectivity index (χ4n) is 1.47. The molecule has 7 nitrogen and oxygen atoms in total. The standard InChI is InChI=1S/C8H3N5O2/c14-7-3-1-9-2-10-4(3)5-6(8(7)15)12-13-11-5/h1-2H,(H,11,12,13). The Bertz CT molecular complexity index is 588. The first-order valence-corrected chi connectivity index (χ1v) is 4.09. The Morgan fingerprint density at radius 2 is 1.80 bits per heavy atom. The monoisotopic (exact) mass is 201 g/mol. The lowest BCUT2D eigenvalue weighted by Crippen LogP contribution is -2.22. The molecule has 2 heterocycles. The second kappa shape index (κ2) is 2.53. The molecule has 2 aromatic heterocycles. The van der Waals surface area contributed by atoms with Crippen LogP contribution < -0.4 is 0 Å². The number of rotatable bonds is 0. The number of carbonyl (C=O) groups is 2. The Kier molecular flexibility index (Phi) is 1.34. The number of aromatic amines is 1. The highest BCUT2D eigenvalue weighted by molar-refractivity contribution is 6.52. The second-order valence-electron chi connectivity index (χ2n) is 2.96. The van der Waals surface area contributed by atoms with Gasteiger partial charge < -0.3 is 0 Å². The van der Waals surface area contributed by atoms with E-state index in [4.69, 9.17) is 0 Å². The molecule has 1 aliphatic carbocycles. The summed E-state index contributed by atoms with van der Waals surface area (Å²) in [4.78, 5) is 30.7. The van der Waals surface area contributed by atoms with Crippen LogP contribution in [0.25, 0.3) is 11.4 Å². The summed E-state index contributed by atoms with van der Waals surface area (Å²) in [5.41, 5.74) is 0.838. The highest BCUT2D eigenvalue weighted by Gasteiger charge is 2.34. The molecule has 2 aromatic rings. The average molecular weight is 201 g/mol. The molecular weight excluding hydrogens is 198 g/mol. The van der Waals surface area contributed by atoms with Gasteiger partial charge in [0.15, 0.2) is 5.69 Å². The Morgan fingerprint density at radius 1 is 1.00 bits per heavy atom. The van der Waals surface area contributed by atoms with E-state index in [1.165, 1.54) is 12.5 Å². The summed E-state index contributed by atoms with van der Waals surface area (Å²) in [6, 6.07) is 0. The van der Waals surface area contributed by atoms with E-state index in [2.05, 4.69) is 25.4 Å². The quantitative estimate of drug-likeness (QED) is 0.584. The molecule has 1 N–H and O–H groups in total. The summed E-state index contributed by atoms with van der Waals surface area (Å²) in [5, 5.41) is 9.70. The van der Waals surface area contributed by atoms with Gasteiger partial charge in [0, 0.05) is 6.20 Å². The van der Waals surface area contributed by atoms with Gasteiger partial charge in [-0.05, 0) is 0 Å². The maximum atomic E-state index is 11.6. The van der Waals surface area contributed by atoms with Crippen molar-refractivity contribution in [1.29, 1.82) is 0 Å². The molecule has 0 fully saturated rings. The van der Waals surface area contributed by atoms with Crippen LogP contribution >= 0.6 is 0 Å². The van der Waals surface area contributed by atoms with Crippen LogP contribution in [0.3, 0.4) is 0 Å². The summed E-state index contributed by atoms with van der Waals surface area (Å²) in [5.74, 6) is -1.33. The van der Waals surface area contributed by atoms with Crippen molar-refractivity contribution in [2.75, 3.05) is 0 Å². The molecule has 0 aliphatic heterocycles. The van der Waals surface area contributed by atoms with Gasteiger partial charge in [0.05, 0.1) is 5.56 Å². The number of H-pyrrole nitrogens is 1. The van der Waals surface area contributed by atoms with Gasteiger partial charge in [-0.15, -0.1) is 0 Å². The van der Waals surface area contributed by atoms with Crippen molar-refractivity contribution in [2.45, 2.75) is 0 Å². The minimum Gasteiger partial charge on any atom is -0.285 e. The van der Waals surface area contributed by atoms with Gasteiger partial charge in [0.1, 0.15) is 17.7 Å². The van der Waals surface area contributed by atoms with Gasteiger partial charge in [-0.2, -0.15) is 15.4 Å². The third kappa shape index (κ3) is 0.885. The van der Waals surface area contributed by atoms with E-state index in [0.29, 0.717) is 11.4 Å². The molecule has 0 radical (unpaired) electrons. The zero-order valence-corrected chi connectivity index (χ0v) is 7.26. The van der Waals surface area contributed by atoms with Gasteiger partial charge in [0.25, 0.3) is 5.78 Å². The molecule has 0 atom stereocenters. The van der Waals surface area contributed by atoms with Crippen molar-refractivity contribution >= 4 is 11.6 Å². The normalized spacial score (nSPS) is 13.6. The lowest BCUT2D eigenvalue weighted by Gasteiger charge is -2.08. The van der Waals surface area contributed by atoms with Gasteiger partial charge in [-0.1, -0.05) is 0 Å². The van der Waals surface area contributed by atoms with E-state index in [0.717, 1.165) is 0 Å². The SMILES string of the molecule is O=C1C(=O)c2n[nH]nc2-c2ncncc21. The first-order chi connectivity index (χ1) is 7.29. The molecule has 3 rings (SSSR count). The zero-order chi connectivity index (χ0) is 10.4. The fourth-order valence-corrected chi connectivity index (χ4v) is 1.47. The molecule has 72 valence electrons. The number of nitrogens with one attached hydrogen (secondary N) is 1. The second-order valence-corrected chi connectivity index (χ2v) is 2.96. The predicted octanol–water partition coefficient (Wildman–Crippen LogP) is -0.359. The first-order valence-electron chi connectivity index (χ1n) is 4.09. The number of hydrogen-bond acceptors (Lipinski definition) is 6. The Labute approximate surface area is 82.6 Å². The van der Waals surface area contributed by atoms with Gasteiger partial charge >= 0.3 is 0 Å². The summed E-state index contributed by atoms with van der Waals surface area (Å²) in [6.45, 7) is 0. The van der Waals surface area contributed by atoms with E-state index < -0.39 is 11.6 Å². The third-order valence-corrected chi connectivity index (χ3v) is 2.15. The molecule has 0 saturated carbocycles. The lowest BCUT2D eigenvalue weighted by atomic mass is 9.96. The van der Waals surface area contributed by atoms with Crippen LogP contribution in [0.4, 0.5) is 0 Å². The number of hydrogen-bond donors (Lipinski definition) is 1. The van der Waals surface area contributed by atoms with E-state index in [1.54, 1.807) is 0 Å². The largest absolute Gasteiger partial charge is 0.285 e. The van der Waals surface area contributed by atoms with E-state index >= 15 is 0 Å². The maximum absolute atomic E-state index is 11.6. The fraction of sp³-hybridized carbons (Fsp3) is 0. The number of ketones is 2. The molecule has 0 aromatic carbocycles. The van der Waals surface area contributed by atoms with Crippen molar-refractivity contribution in [3.05, 3.63) is 23.8 Å². The Morgan fingerprint density at radius 3 is 2.67 bits per heavy atom. The van der Waals surface area contributed by atoms with Crippen LogP contribution in [0.1, 0.15) is 20.8 Å². The molecule has 7 heteroatoms. The van der Waals surface area contributed by atoms with E-state index in [1.807, 2.05) is 0 Å². The predicted molar refractivity (Wildman–Crippen MR) is 46.1 cm³/mol. The van der Waals surface area contributed by atoms with Crippen LogP contribution in [-0.4, -0.2) is 36.9 Å². The third-order valence-electron chi connectivity index (χ3n) is 2.15. The van der Waals surface area contributed by atoms with Crippen molar-refractivity contribution in [3.63, 3.8) is 0 Å². The van der Waals surface area contributed by atoms with E-state index in [9.17, 15) is 9.59 Å². The number of nitrogens with zero attached hydrogens (tertiary/aromatic N) is 4. The minimum atomic E-state index is -0.680. The van der Waals surface area contributed by atoms with Crippen LogP contribution in [0.15, 0.2) is 12.5 Å². The molecular formula is C8H3N5O2. The molecule has 1 aliphatic rings. The Balaban J connectivity index is 2.42. The first kappa shape index (κ1) is 7.92. The van der Waals surface area contributed by atoms with Gasteiger partial charge in [0.2, 0.25) is 5.78 Å². The Hall–Kier alpha value is -2.44. The molecule has 0 amide bonds. The van der Waals surface area contributed by atoms with Crippen molar-refractivity contribution < 1.29 is 9.59 Å². The summed E-state index contributed by atoms with van der Waals surface area (Å²) in [7, 11) is 0. The molecule has 0 bridgehead atoms. The number of aromatic nitrogens is 5. The zero-order valence-electron chi connectivity index (χ0n) is 7.26. The molecule has 15 heavy (non-hydrogen) atoms. The van der Waals surface area contributed by atoms with Crippen LogP contribution in [0.2, 0.25) is 0 Å². The number of carbonyl (C=O) groups excluding carboxylic acids is 2. The molecule has 0 saturated heterocycles. The topological polar surface area (TPSA) is 101 Å². The molecule has 0 spiro atoms. The van der Waals surface area contributed by atoms with E-state index in [-0.39, 0.29) is 11.3 Å². The molecule has 0 unspecified atom stereocenters. The summed E-state index contributed by atoms with van der Waals surface area (Å²) >= 11 is 0. The van der Waals surface area contributed by atoms with Gasteiger partial charge in [-0.3, -0.25) is 9.59 Å². The summed E-state index contributed by atoms with van der Waals surface area (Å²) in [6.07, 6.45) is 2.60. The maximum Gasteiger partial charge on any atom is 0.256 e. The number of Topliss-reactive ketones (excluding diaryl/α,β-unsaturated/α-hetero) is 2. The van der Waals surface area contributed by atoms with Crippen LogP contribution in [0.5, 0.6) is 0 Å². The van der Waals surface area contributed by atoms with Crippen molar-refractivity contribution in [3.8, 4) is 11.4 Å². The minimum absolute atomic E-state index is 0.0196. The van der Waals surface area contributed by atoms with Crippen LogP contribution in [-0.2, 0) is 0 Å². The smallest absolute Gasteiger partial charge is 0.256 e. The highest BCUT2D eigenvalue weighted by Crippen LogP contribution is 2.27. The van der Waals surface area contributed by atoms with Crippen molar-refractivity contribution in [2.24, 2.45) is 0 Å². The van der Waals surface area contributed by atoms with Gasteiger partial charge in [-0.25, -0.2) is 9.97 Å². The number of fused-ring (bicyclic) bond motifs is 3. The van der Waals surface area contributed by atoms with Crippen LogP contribution in [0, 0.1) is 0 Å². The summed E-state index contributed by atoms with van der Waals surface area (Å²) < 4.78 is 0. The van der Waals surface area contributed by atoms with Crippen molar-refractivity contribution in [1.82, 2.24) is 25.4 Å². The lowest BCUT2D eigenvalue weighted by molar-refractivity contribution is 0.0812. The average Bonchev–Trinajstić information content (AvgIpc) is 2.75.